The van der Waals surface area contributed by atoms with Gasteiger partial charge < -0.3 is 10.6 Å². The van der Waals surface area contributed by atoms with Crippen LogP contribution in [0.2, 0.25) is 0 Å². The molecule has 42 heavy (non-hydrogen) atoms. The Bertz CT molecular complexity index is 1520. The second-order valence-corrected chi connectivity index (χ2v) is 12.1. The number of halogens is 3. The van der Waals surface area contributed by atoms with Crippen molar-refractivity contribution in [1.82, 2.24) is 10.2 Å². The number of carbonyl (C=O) groups excluding carboxylic acids is 4. The summed E-state index contributed by atoms with van der Waals surface area (Å²) < 4.78 is 38.0. The first-order valence-corrected chi connectivity index (χ1v) is 13.4. The molecule has 0 radical (unpaired) electrons. The molecule has 220 valence electrons. The number of anilines is 3. The van der Waals surface area contributed by atoms with Gasteiger partial charge in [-0.15, -0.1) is 0 Å². The predicted octanol–water partition coefficient (Wildman–Crippen LogP) is 5.22. The topological polar surface area (TPSA) is 124 Å². The molecule has 2 aliphatic rings. The van der Waals surface area contributed by atoms with Crippen molar-refractivity contribution >= 4 is 41.0 Å². The van der Waals surface area contributed by atoms with E-state index in [2.05, 4.69) is 15.5 Å². The number of aromatic nitrogens is 2. The lowest BCUT2D eigenvalue weighted by atomic mass is 9.51. The molecule has 9 nitrogen and oxygen atoms in total. The number of aromatic amines is 1. The van der Waals surface area contributed by atoms with Gasteiger partial charge in [0.05, 0.1) is 0 Å². The number of fused-ring (bicyclic) bond motifs is 2. The van der Waals surface area contributed by atoms with Crippen LogP contribution in [0, 0.1) is 16.2 Å². The van der Waals surface area contributed by atoms with Gasteiger partial charge >= 0.3 is 12.1 Å². The van der Waals surface area contributed by atoms with Gasteiger partial charge in [0.25, 0.3) is 0 Å². The third-order valence-electron chi connectivity index (χ3n) is 8.09. The number of H-pyrrole nitrogens is 1. The lowest BCUT2D eigenvalue weighted by Gasteiger charge is -2.55. The average Bonchev–Trinajstić information content (AvgIpc) is 3.36. The Morgan fingerprint density at radius 1 is 0.881 bits per heavy atom. The maximum atomic E-state index is 13.7. The molecular formula is C30H30F3N5O4. The number of alkyl halides is 3. The van der Waals surface area contributed by atoms with E-state index >= 15 is 0 Å². The van der Waals surface area contributed by atoms with Crippen LogP contribution in [-0.4, -0.2) is 40.0 Å². The van der Waals surface area contributed by atoms with Crippen molar-refractivity contribution in [2.75, 3.05) is 15.5 Å². The Balaban J connectivity index is 1.33. The lowest BCUT2D eigenvalue weighted by molar-refractivity contribution is -0.167. The Kier molecular flexibility index (Phi) is 6.99. The van der Waals surface area contributed by atoms with Crippen LogP contribution in [0.5, 0.6) is 0 Å². The standard InChI is InChI=1S/C30H30F3N5O4/c1-27(23(39)34-20-11-9-19(10-12-20)13-18-7-5-4-6-8-18)15-28(2)17-29(3,16-27)26(42)38(25(28)41)22-14-21(36-37-22)35-24(40)30(31,32)33/h4-12,14H,13,15-17H2,1-3H3,(H,34,39)(H2,35,36,37,40)/t27?,28-,29+. The van der Waals surface area contributed by atoms with E-state index in [4.69, 9.17) is 0 Å². The Morgan fingerprint density at radius 2 is 1.45 bits per heavy atom. The number of piperidine rings is 1. The number of hydrogen-bond acceptors (Lipinski definition) is 5. The van der Waals surface area contributed by atoms with E-state index in [9.17, 15) is 32.3 Å². The van der Waals surface area contributed by atoms with Crippen LogP contribution in [0.25, 0.3) is 0 Å². The van der Waals surface area contributed by atoms with Crippen LogP contribution < -0.4 is 15.5 Å². The van der Waals surface area contributed by atoms with Gasteiger partial charge in [-0.05, 0) is 48.9 Å². The van der Waals surface area contributed by atoms with Crippen molar-refractivity contribution in [2.45, 2.75) is 52.6 Å². The fourth-order valence-corrected chi connectivity index (χ4v) is 6.58. The van der Waals surface area contributed by atoms with Crippen molar-refractivity contribution in [2.24, 2.45) is 16.2 Å². The molecule has 3 atom stereocenters. The first kappa shape index (κ1) is 29.0. The third-order valence-corrected chi connectivity index (χ3v) is 8.09. The molecule has 3 N–H and O–H groups in total. The molecule has 1 saturated carbocycles. The van der Waals surface area contributed by atoms with Gasteiger partial charge in [-0.3, -0.25) is 24.3 Å². The highest BCUT2D eigenvalue weighted by Crippen LogP contribution is 2.59. The first-order valence-electron chi connectivity index (χ1n) is 13.4. The minimum Gasteiger partial charge on any atom is -0.326 e. The van der Waals surface area contributed by atoms with E-state index in [0.29, 0.717) is 5.69 Å². The molecule has 4 amide bonds. The lowest BCUT2D eigenvalue weighted by Crippen LogP contribution is -2.65. The molecule has 1 aliphatic carbocycles. The summed E-state index contributed by atoms with van der Waals surface area (Å²) >= 11 is 0. The fraction of sp³-hybridized carbons (Fsp3) is 0.367. The number of nitrogens with zero attached hydrogens (tertiary/aromatic N) is 2. The second kappa shape index (κ2) is 10.1. The van der Waals surface area contributed by atoms with E-state index in [0.717, 1.165) is 28.5 Å². The summed E-state index contributed by atoms with van der Waals surface area (Å²) in [6.45, 7) is 5.08. The normalized spacial score (nSPS) is 25.7. The molecule has 12 heteroatoms. The molecular weight excluding hydrogens is 551 g/mol. The van der Waals surface area contributed by atoms with Crippen LogP contribution >= 0.6 is 0 Å². The highest BCUT2D eigenvalue weighted by Gasteiger charge is 2.63. The summed E-state index contributed by atoms with van der Waals surface area (Å²) in [5.41, 5.74) is -0.514. The van der Waals surface area contributed by atoms with Crippen molar-refractivity contribution in [3.05, 3.63) is 71.8 Å². The Labute approximate surface area is 239 Å². The molecule has 2 heterocycles. The second-order valence-electron chi connectivity index (χ2n) is 12.1. The van der Waals surface area contributed by atoms with Crippen LogP contribution in [0.3, 0.4) is 0 Å². The van der Waals surface area contributed by atoms with Crippen molar-refractivity contribution in [3.63, 3.8) is 0 Å². The molecule has 2 fully saturated rings. The van der Waals surface area contributed by atoms with Gasteiger partial charge in [0.1, 0.15) is 5.82 Å². The number of benzene rings is 2. The zero-order chi connectivity index (χ0) is 30.5. The van der Waals surface area contributed by atoms with Gasteiger partial charge in [0.15, 0.2) is 5.82 Å². The van der Waals surface area contributed by atoms with Gasteiger partial charge in [-0.1, -0.05) is 63.2 Å². The van der Waals surface area contributed by atoms with Crippen molar-refractivity contribution < 1.29 is 32.3 Å². The summed E-state index contributed by atoms with van der Waals surface area (Å²) in [5, 5.41) is 10.6. The number of nitrogens with one attached hydrogen (secondary N) is 3. The smallest absolute Gasteiger partial charge is 0.326 e. The average molecular weight is 582 g/mol. The molecule has 2 aromatic carbocycles. The summed E-state index contributed by atoms with van der Waals surface area (Å²) in [4.78, 5) is 53.2. The molecule has 1 aromatic heterocycles. The van der Waals surface area contributed by atoms with Gasteiger partial charge in [-0.25, -0.2) is 4.90 Å². The van der Waals surface area contributed by atoms with Gasteiger partial charge in [-0.2, -0.15) is 18.3 Å². The number of carbonyl (C=O) groups is 4. The molecule has 1 saturated heterocycles. The monoisotopic (exact) mass is 581 g/mol. The third kappa shape index (κ3) is 5.40. The molecule has 1 aliphatic heterocycles. The van der Waals surface area contributed by atoms with E-state index < -0.39 is 46.0 Å². The molecule has 0 spiro atoms. The quantitative estimate of drug-likeness (QED) is 0.345. The summed E-state index contributed by atoms with van der Waals surface area (Å²) in [6, 6.07) is 18.5. The minimum atomic E-state index is -5.13. The fourth-order valence-electron chi connectivity index (χ4n) is 6.58. The van der Waals surface area contributed by atoms with Gasteiger partial charge in [0.2, 0.25) is 17.7 Å². The van der Waals surface area contributed by atoms with E-state index in [1.165, 1.54) is 0 Å². The van der Waals surface area contributed by atoms with E-state index in [1.54, 1.807) is 26.1 Å². The van der Waals surface area contributed by atoms with Crippen LogP contribution in [-0.2, 0) is 25.6 Å². The van der Waals surface area contributed by atoms with Crippen LogP contribution in [0.1, 0.15) is 51.2 Å². The highest BCUT2D eigenvalue weighted by molar-refractivity contribution is 6.20. The number of amides is 4. The highest BCUT2D eigenvalue weighted by atomic mass is 19.4. The molecule has 3 aromatic rings. The van der Waals surface area contributed by atoms with Crippen LogP contribution in [0.4, 0.5) is 30.5 Å². The largest absolute Gasteiger partial charge is 0.471 e. The van der Waals surface area contributed by atoms with E-state index in [-0.39, 0.29) is 31.0 Å². The SMILES string of the molecule is CC1(C(=O)Nc2ccc(Cc3ccccc3)cc2)C[C@@]2(C)C[C@@](C)(C1)C(=O)N(c1cc(NC(=O)C(F)(F)F)[nH]n1)C2=O. The number of rotatable bonds is 6. The first-order chi connectivity index (χ1) is 19.6. The zero-order valence-electron chi connectivity index (χ0n) is 23.3. The number of imide groups is 1. The van der Waals surface area contributed by atoms with Gasteiger partial charge in [0, 0.05) is 28.0 Å². The minimum absolute atomic E-state index is 0.137. The Morgan fingerprint density at radius 3 is 2.02 bits per heavy atom. The molecule has 2 bridgehead atoms. The van der Waals surface area contributed by atoms with Crippen molar-refractivity contribution in [1.29, 1.82) is 0 Å². The molecule has 5 rings (SSSR count). The summed E-state index contributed by atoms with van der Waals surface area (Å²) in [5.74, 6) is -4.43. The van der Waals surface area contributed by atoms with Crippen molar-refractivity contribution in [3.8, 4) is 0 Å². The zero-order valence-corrected chi connectivity index (χ0v) is 23.3. The van der Waals surface area contributed by atoms with Crippen LogP contribution in [0.15, 0.2) is 60.7 Å². The molecule has 1 unspecified atom stereocenters. The maximum Gasteiger partial charge on any atom is 0.471 e. The Hall–Kier alpha value is -4.48. The predicted molar refractivity (Wildman–Crippen MR) is 148 cm³/mol. The maximum absolute atomic E-state index is 13.7. The summed E-state index contributed by atoms with van der Waals surface area (Å²) in [7, 11) is 0. The summed E-state index contributed by atoms with van der Waals surface area (Å²) in [6.07, 6.45) is -3.91. The van der Waals surface area contributed by atoms with E-state index in [1.807, 2.05) is 54.6 Å². The number of hydrogen-bond donors (Lipinski definition) is 3.